The van der Waals surface area contributed by atoms with E-state index in [4.69, 9.17) is 4.98 Å². The van der Waals surface area contributed by atoms with Crippen molar-refractivity contribution >= 4 is 11.0 Å². The van der Waals surface area contributed by atoms with Crippen molar-refractivity contribution in [2.24, 2.45) is 0 Å². The van der Waals surface area contributed by atoms with Gasteiger partial charge in [0.05, 0.1) is 22.3 Å². The molecule has 0 saturated heterocycles. The third-order valence-corrected chi connectivity index (χ3v) is 8.67. The Balaban J connectivity index is 0.00000433. The summed E-state index contributed by atoms with van der Waals surface area (Å²) in [7, 11) is 0. The number of phenolic OH excluding ortho intramolecular Hbond substituents is 1. The molecule has 4 aromatic carbocycles. The third-order valence-electron chi connectivity index (χ3n) is 8.67. The van der Waals surface area contributed by atoms with E-state index in [0.717, 1.165) is 39.1 Å². The van der Waals surface area contributed by atoms with Crippen LogP contribution < -0.4 is 0 Å². The fraction of sp³-hybridized carbons (Fsp3) is 0.286. The zero-order valence-electron chi connectivity index (χ0n) is 28.8. The summed E-state index contributed by atoms with van der Waals surface area (Å²) in [6.45, 7) is 20.3. The predicted molar refractivity (Wildman–Crippen MR) is 192 cm³/mol. The van der Waals surface area contributed by atoms with Crippen molar-refractivity contribution in [3.05, 3.63) is 120 Å². The minimum absolute atomic E-state index is 0. The van der Waals surface area contributed by atoms with Gasteiger partial charge in [-0.05, 0) is 51.6 Å². The number of para-hydroxylation sites is 3. The van der Waals surface area contributed by atoms with Gasteiger partial charge >= 0.3 is 0 Å². The van der Waals surface area contributed by atoms with Gasteiger partial charge in [-0.15, -0.1) is 29.3 Å². The molecule has 0 unspecified atom stereocenters. The molecular formula is C42H44N3OPt-. The largest absolute Gasteiger partial charge is 0.507 e. The van der Waals surface area contributed by atoms with Crippen molar-refractivity contribution in [3.63, 3.8) is 0 Å². The van der Waals surface area contributed by atoms with Gasteiger partial charge in [0.2, 0.25) is 0 Å². The second-order valence-corrected chi connectivity index (χ2v) is 15.3. The summed E-state index contributed by atoms with van der Waals surface area (Å²) >= 11 is 0. The van der Waals surface area contributed by atoms with Gasteiger partial charge in [0.25, 0.3) is 0 Å². The van der Waals surface area contributed by atoms with E-state index in [2.05, 4.69) is 126 Å². The van der Waals surface area contributed by atoms with Crippen LogP contribution in [0.15, 0.2) is 97.2 Å². The fourth-order valence-electron chi connectivity index (χ4n) is 6.19. The van der Waals surface area contributed by atoms with Crippen molar-refractivity contribution in [2.75, 3.05) is 0 Å². The second kappa shape index (κ2) is 12.5. The summed E-state index contributed by atoms with van der Waals surface area (Å²) in [6, 6.07) is 34.7. The van der Waals surface area contributed by atoms with Crippen molar-refractivity contribution < 1.29 is 26.2 Å². The molecule has 2 aromatic heterocycles. The molecule has 1 N–H and O–H groups in total. The molecule has 6 aromatic rings. The Kier molecular flexibility index (Phi) is 9.16. The van der Waals surface area contributed by atoms with Crippen LogP contribution in [0.3, 0.4) is 0 Å². The maximum absolute atomic E-state index is 11.2. The summed E-state index contributed by atoms with van der Waals surface area (Å²) in [5, 5.41) is 11.2. The Labute approximate surface area is 294 Å². The first-order chi connectivity index (χ1) is 21.6. The summed E-state index contributed by atoms with van der Waals surface area (Å²) < 4.78 is 2.28. The molecule has 0 aliphatic rings. The molecule has 0 radical (unpaired) electrons. The molecule has 6 rings (SSSR count). The van der Waals surface area contributed by atoms with Crippen LogP contribution in [0.4, 0.5) is 0 Å². The fourth-order valence-corrected chi connectivity index (χ4v) is 6.19. The standard InChI is InChI=1S/C42H44N3O.Pt/c1-40(2,3)29-25-27(24-28(26-29)34-20-12-13-23-43-34)30-17-14-21-35-37(30)44-39(31-16-10-11-22-36(31)46)45(35)38-32(41(4,5)6)18-15-19-33(38)42(7,8)9;/h10-23,25-26,46H,1-9H3;/q-1;. The van der Waals surface area contributed by atoms with Gasteiger partial charge in [-0.1, -0.05) is 128 Å². The van der Waals surface area contributed by atoms with Crippen molar-refractivity contribution in [3.8, 4) is 45.2 Å². The van der Waals surface area contributed by atoms with Crippen LogP contribution in [0, 0.1) is 6.07 Å². The average molecular weight is 802 g/mol. The maximum Gasteiger partial charge on any atom is 0.148 e. The number of fused-ring (bicyclic) bond motifs is 1. The van der Waals surface area contributed by atoms with Crippen molar-refractivity contribution in [1.29, 1.82) is 0 Å². The van der Waals surface area contributed by atoms with Crippen LogP contribution in [-0.4, -0.2) is 19.6 Å². The molecule has 0 aliphatic carbocycles. The monoisotopic (exact) mass is 801 g/mol. The normalized spacial score (nSPS) is 12.3. The quantitative estimate of drug-likeness (QED) is 0.181. The molecule has 2 heterocycles. The Morgan fingerprint density at radius 2 is 1.23 bits per heavy atom. The molecule has 0 atom stereocenters. The van der Waals surface area contributed by atoms with Crippen LogP contribution in [-0.2, 0) is 37.3 Å². The molecule has 244 valence electrons. The molecule has 4 nitrogen and oxygen atoms in total. The zero-order chi connectivity index (χ0) is 33.0. The number of phenols is 1. The predicted octanol–water partition coefficient (Wildman–Crippen LogP) is 10.8. The number of nitrogens with zero attached hydrogens (tertiary/aromatic N) is 3. The number of pyridine rings is 1. The average Bonchev–Trinajstić information content (AvgIpc) is 3.39. The van der Waals surface area contributed by atoms with Gasteiger partial charge in [0.1, 0.15) is 11.6 Å². The van der Waals surface area contributed by atoms with Crippen LogP contribution in [0.1, 0.15) is 79.0 Å². The molecule has 0 spiro atoms. The Hall–Kier alpha value is -4.01. The van der Waals surface area contributed by atoms with Gasteiger partial charge in [0, 0.05) is 33.0 Å². The minimum Gasteiger partial charge on any atom is -0.507 e. The molecule has 47 heavy (non-hydrogen) atoms. The van der Waals surface area contributed by atoms with Crippen molar-refractivity contribution in [2.45, 2.75) is 78.6 Å². The number of benzene rings is 4. The molecule has 0 fully saturated rings. The number of imidazole rings is 1. The third kappa shape index (κ3) is 6.58. The first-order valence-electron chi connectivity index (χ1n) is 16.1. The van der Waals surface area contributed by atoms with Crippen LogP contribution >= 0.6 is 0 Å². The number of aromatic nitrogens is 3. The smallest absolute Gasteiger partial charge is 0.148 e. The minimum atomic E-state index is -0.146. The Morgan fingerprint density at radius 1 is 0.638 bits per heavy atom. The van der Waals surface area contributed by atoms with E-state index in [-0.39, 0.29) is 43.1 Å². The van der Waals surface area contributed by atoms with Gasteiger partial charge in [0.15, 0.2) is 0 Å². The summed E-state index contributed by atoms with van der Waals surface area (Å²) in [5.74, 6) is 0.907. The van der Waals surface area contributed by atoms with E-state index >= 15 is 0 Å². The summed E-state index contributed by atoms with van der Waals surface area (Å²) in [5.41, 5.74) is 10.7. The number of aromatic hydroxyl groups is 1. The van der Waals surface area contributed by atoms with E-state index < -0.39 is 0 Å². The SMILES string of the molecule is CC(C)(C)c1cc(-c2ccccn2)[c-]c(-c2cccc3c2nc(-c2ccccc2O)n3-c2c(C(C)(C)C)cccc2C(C)(C)C)c1.[Pt]. The molecule has 0 bridgehead atoms. The zero-order valence-corrected chi connectivity index (χ0v) is 31.1. The maximum atomic E-state index is 11.2. The van der Waals surface area contributed by atoms with Gasteiger partial charge in [-0.25, -0.2) is 4.98 Å². The molecular weight excluding hydrogens is 758 g/mol. The topological polar surface area (TPSA) is 50.9 Å². The second-order valence-electron chi connectivity index (χ2n) is 15.3. The number of hydrogen-bond donors (Lipinski definition) is 1. The number of rotatable bonds is 4. The van der Waals surface area contributed by atoms with Gasteiger partial charge in [-0.3, -0.25) is 9.55 Å². The Morgan fingerprint density at radius 3 is 1.83 bits per heavy atom. The van der Waals surface area contributed by atoms with E-state index in [1.807, 2.05) is 42.6 Å². The van der Waals surface area contributed by atoms with Crippen LogP contribution in [0.5, 0.6) is 5.75 Å². The van der Waals surface area contributed by atoms with E-state index in [0.29, 0.717) is 11.4 Å². The number of hydrogen-bond acceptors (Lipinski definition) is 3. The van der Waals surface area contributed by atoms with Crippen LogP contribution in [0.2, 0.25) is 0 Å². The van der Waals surface area contributed by atoms with E-state index in [9.17, 15) is 5.11 Å². The molecule has 0 aliphatic heterocycles. The van der Waals surface area contributed by atoms with Crippen LogP contribution in [0.25, 0.3) is 50.5 Å². The van der Waals surface area contributed by atoms with E-state index in [1.54, 1.807) is 6.07 Å². The molecule has 5 heteroatoms. The van der Waals surface area contributed by atoms with Crippen molar-refractivity contribution in [1.82, 2.24) is 14.5 Å². The van der Waals surface area contributed by atoms with Gasteiger partial charge < -0.3 is 5.11 Å². The summed E-state index contributed by atoms with van der Waals surface area (Å²) in [6.07, 6.45) is 1.83. The van der Waals surface area contributed by atoms with Gasteiger partial charge in [-0.2, -0.15) is 0 Å². The van der Waals surface area contributed by atoms with E-state index in [1.165, 1.54) is 16.7 Å². The Bertz CT molecular complexity index is 2020. The first kappa shape index (κ1) is 34.3. The first-order valence-corrected chi connectivity index (χ1v) is 16.1. The molecule has 0 amide bonds. The molecule has 0 saturated carbocycles. The summed E-state index contributed by atoms with van der Waals surface area (Å²) in [4.78, 5) is 10.1.